The number of ether oxygens (including phenoxy) is 2. The number of benzene rings is 1. The summed E-state index contributed by atoms with van der Waals surface area (Å²) in [7, 11) is 1.67. The van der Waals surface area contributed by atoms with Crippen molar-refractivity contribution in [3.8, 4) is 11.5 Å². The number of nitrogen functional groups attached to an aromatic ring is 1. The maximum atomic E-state index is 5.89. The van der Waals surface area contributed by atoms with E-state index in [1.807, 2.05) is 24.4 Å². The molecular formula is C17H20N2O2. The molecule has 21 heavy (non-hydrogen) atoms. The van der Waals surface area contributed by atoms with Crippen LogP contribution >= 0.6 is 0 Å². The van der Waals surface area contributed by atoms with Gasteiger partial charge in [0.25, 0.3) is 0 Å². The van der Waals surface area contributed by atoms with Gasteiger partial charge < -0.3 is 15.2 Å². The van der Waals surface area contributed by atoms with E-state index in [9.17, 15) is 0 Å². The summed E-state index contributed by atoms with van der Waals surface area (Å²) in [4.78, 5) is 4.19. The molecule has 0 spiro atoms. The SMILES string of the molecule is COc1ccc2c(c1)OC[C@@H](Cc1cnc(N)cc1C)C2. The zero-order chi connectivity index (χ0) is 14.8. The van der Waals surface area contributed by atoms with E-state index in [0.29, 0.717) is 11.7 Å². The number of anilines is 1. The van der Waals surface area contributed by atoms with Gasteiger partial charge in [0.2, 0.25) is 0 Å². The Kier molecular flexibility index (Phi) is 3.69. The molecule has 1 atom stereocenters. The summed E-state index contributed by atoms with van der Waals surface area (Å²) in [6.07, 6.45) is 3.86. The normalized spacial score (nSPS) is 17.0. The molecule has 4 heteroatoms. The fourth-order valence-corrected chi connectivity index (χ4v) is 2.80. The largest absolute Gasteiger partial charge is 0.497 e. The maximum absolute atomic E-state index is 5.89. The fraction of sp³-hybridized carbons (Fsp3) is 0.353. The third-order valence-electron chi connectivity index (χ3n) is 4.01. The summed E-state index contributed by atoms with van der Waals surface area (Å²) in [5.41, 5.74) is 9.39. The molecule has 0 bridgehead atoms. The topological polar surface area (TPSA) is 57.4 Å². The molecule has 2 heterocycles. The van der Waals surface area contributed by atoms with Crippen molar-refractivity contribution in [3.63, 3.8) is 0 Å². The minimum absolute atomic E-state index is 0.468. The quantitative estimate of drug-likeness (QED) is 0.941. The van der Waals surface area contributed by atoms with Crippen molar-refractivity contribution in [2.24, 2.45) is 5.92 Å². The lowest BCUT2D eigenvalue weighted by atomic mass is 9.90. The molecule has 0 fully saturated rings. The van der Waals surface area contributed by atoms with Crippen molar-refractivity contribution < 1.29 is 9.47 Å². The van der Waals surface area contributed by atoms with Crippen molar-refractivity contribution in [1.82, 2.24) is 4.98 Å². The number of fused-ring (bicyclic) bond motifs is 1. The van der Waals surface area contributed by atoms with Crippen LogP contribution in [-0.2, 0) is 12.8 Å². The standard InChI is InChI=1S/C17H20N2O2/c1-11-5-17(18)19-9-14(11)7-12-6-13-3-4-15(20-2)8-16(13)21-10-12/h3-5,8-9,12H,6-7,10H2,1-2H3,(H2,18,19)/t12-/m1/s1. The first-order valence-corrected chi connectivity index (χ1v) is 7.16. The molecule has 1 aromatic heterocycles. The Morgan fingerprint density at radius 1 is 1.38 bits per heavy atom. The van der Waals surface area contributed by atoms with Crippen LogP contribution in [0.4, 0.5) is 5.82 Å². The Labute approximate surface area is 124 Å². The van der Waals surface area contributed by atoms with E-state index in [-0.39, 0.29) is 0 Å². The molecule has 3 rings (SSSR count). The van der Waals surface area contributed by atoms with Crippen LogP contribution in [0.15, 0.2) is 30.5 Å². The third-order valence-corrected chi connectivity index (χ3v) is 4.01. The first-order chi connectivity index (χ1) is 10.2. The Balaban J connectivity index is 1.74. The number of aromatic nitrogens is 1. The molecule has 0 saturated heterocycles. The van der Waals surface area contributed by atoms with E-state index in [2.05, 4.69) is 18.0 Å². The van der Waals surface area contributed by atoms with Gasteiger partial charge in [-0.2, -0.15) is 0 Å². The Morgan fingerprint density at radius 2 is 2.24 bits per heavy atom. The molecule has 0 aliphatic carbocycles. The molecule has 110 valence electrons. The molecule has 2 aromatic rings. The van der Waals surface area contributed by atoms with Crippen LogP contribution in [0.25, 0.3) is 0 Å². The average molecular weight is 284 g/mol. The van der Waals surface area contributed by atoms with Gasteiger partial charge >= 0.3 is 0 Å². The third kappa shape index (κ3) is 2.94. The highest BCUT2D eigenvalue weighted by atomic mass is 16.5. The van der Waals surface area contributed by atoms with Crippen molar-refractivity contribution in [2.75, 3.05) is 19.5 Å². The van der Waals surface area contributed by atoms with E-state index >= 15 is 0 Å². The summed E-state index contributed by atoms with van der Waals surface area (Å²) in [5, 5.41) is 0. The van der Waals surface area contributed by atoms with E-state index < -0.39 is 0 Å². The fourth-order valence-electron chi connectivity index (χ4n) is 2.80. The van der Waals surface area contributed by atoms with Gasteiger partial charge in [-0.15, -0.1) is 0 Å². The van der Waals surface area contributed by atoms with Crippen LogP contribution in [0.3, 0.4) is 0 Å². The minimum Gasteiger partial charge on any atom is -0.497 e. The molecule has 2 N–H and O–H groups in total. The zero-order valence-corrected chi connectivity index (χ0v) is 12.4. The second-order valence-electron chi connectivity index (χ2n) is 5.59. The maximum Gasteiger partial charge on any atom is 0.126 e. The van der Waals surface area contributed by atoms with Crippen molar-refractivity contribution >= 4 is 5.82 Å². The van der Waals surface area contributed by atoms with Crippen molar-refractivity contribution in [3.05, 3.63) is 47.2 Å². The van der Waals surface area contributed by atoms with Gasteiger partial charge in [-0.05, 0) is 48.6 Å². The number of hydrogen-bond donors (Lipinski definition) is 1. The number of pyridine rings is 1. The number of methoxy groups -OCH3 is 1. The lowest BCUT2D eigenvalue weighted by molar-refractivity contribution is 0.220. The molecule has 1 aliphatic heterocycles. The highest BCUT2D eigenvalue weighted by Gasteiger charge is 2.21. The van der Waals surface area contributed by atoms with Crippen LogP contribution in [0.1, 0.15) is 16.7 Å². The predicted molar refractivity (Wildman–Crippen MR) is 82.8 cm³/mol. The summed E-state index contributed by atoms with van der Waals surface area (Å²) >= 11 is 0. The second-order valence-corrected chi connectivity index (χ2v) is 5.59. The van der Waals surface area contributed by atoms with Gasteiger partial charge in [-0.25, -0.2) is 4.98 Å². The lowest BCUT2D eigenvalue weighted by Gasteiger charge is -2.26. The number of hydrogen-bond acceptors (Lipinski definition) is 4. The van der Waals surface area contributed by atoms with Crippen LogP contribution in [0, 0.1) is 12.8 Å². The van der Waals surface area contributed by atoms with Gasteiger partial charge in [0.1, 0.15) is 17.3 Å². The summed E-state index contributed by atoms with van der Waals surface area (Å²) in [6, 6.07) is 7.97. The Bertz CT molecular complexity index is 655. The molecule has 0 radical (unpaired) electrons. The van der Waals surface area contributed by atoms with Gasteiger partial charge in [0.05, 0.1) is 13.7 Å². The molecule has 4 nitrogen and oxygen atoms in total. The van der Waals surface area contributed by atoms with E-state index in [1.54, 1.807) is 7.11 Å². The Morgan fingerprint density at radius 3 is 3.00 bits per heavy atom. The molecule has 1 aromatic carbocycles. The minimum atomic E-state index is 0.468. The molecular weight excluding hydrogens is 264 g/mol. The number of nitrogens with two attached hydrogens (primary N) is 1. The summed E-state index contributed by atoms with van der Waals surface area (Å²) in [5.74, 6) is 2.83. The monoisotopic (exact) mass is 284 g/mol. The number of nitrogens with zero attached hydrogens (tertiary/aromatic N) is 1. The zero-order valence-electron chi connectivity index (χ0n) is 12.4. The highest BCUT2D eigenvalue weighted by molar-refractivity contribution is 5.42. The van der Waals surface area contributed by atoms with Crippen LogP contribution in [0.2, 0.25) is 0 Å². The van der Waals surface area contributed by atoms with Crippen LogP contribution < -0.4 is 15.2 Å². The van der Waals surface area contributed by atoms with Crippen LogP contribution in [0.5, 0.6) is 11.5 Å². The molecule has 0 unspecified atom stereocenters. The van der Waals surface area contributed by atoms with E-state index in [0.717, 1.165) is 30.9 Å². The lowest BCUT2D eigenvalue weighted by Crippen LogP contribution is -2.23. The first kappa shape index (κ1) is 13.7. The predicted octanol–water partition coefficient (Wildman–Crippen LogP) is 2.77. The van der Waals surface area contributed by atoms with Crippen molar-refractivity contribution in [1.29, 1.82) is 0 Å². The number of aryl methyl sites for hydroxylation is 1. The number of rotatable bonds is 3. The summed E-state index contributed by atoms with van der Waals surface area (Å²) in [6.45, 7) is 2.81. The van der Waals surface area contributed by atoms with E-state index in [4.69, 9.17) is 15.2 Å². The first-order valence-electron chi connectivity index (χ1n) is 7.16. The molecule has 0 saturated carbocycles. The van der Waals surface area contributed by atoms with Crippen LogP contribution in [-0.4, -0.2) is 18.7 Å². The van der Waals surface area contributed by atoms with E-state index in [1.165, 1.54) is 16.7 Å². The summed E-state index contributed by atoms with van der Waals surface area (Å²) < 4.78 is 11.1. The van der Waals surface area contributed by atoms with Crippen molar-refractivity contribution in [2.45, 2.75) is 19.8 Å². The van der Waals surface area contributed by atoms with Gasteiger partial charge in [-0.1, -0.05) is 6.07 Å². The highest BCUT2D eigenvalue weighted by Crippen LogP contribution is 2.32. The molecule has 1 aliphatic rings. The average Bonchev–Trinajstić information content (AvgIpc) is 2.49. The van der Waals surface area contributed by atoms with Gasteiger partial charge in [0, 0.05) is 18.2 Å². The van der Waals surface area contributed by atoms with Gasteiger partial charge in [-0.3, -0.25) is 0 Å². The molecule has 0 amide bonds. The smallest absolute Gasteiger partial charge is 0.126 e. The second kappa shape index (κ2) is 5.64. The Hall–Kier alpha value is -2.23. The van der Waals surface area contributed by atoms with Gasteiger partial charge in [0.15, 0.2) is 0 Å².